The van der Waals surface area contributed by atoms with Gasteiger partial charge >= 0.3 is 0 Å². The van der Waals surface area contributed by atoms with Gasteiger partial charge in [-0.25, -0.2) is 8.42 Å². The Kier molecular flexibility index (Phi) is 2.31. The number of allylic oxidation sites excluding steroid dienone is 2. The maximum absolute atomic E-state index is 10.8. The molecule has 0 fully saturated rings. The lowest BCUT2D eigenvalue weighted by Crippen LogP contribution is -1.87. The Hall–Kier alpha value is -0.0900. The molecule has 1 rings (SSSR count). The fraction of sp³-hybridized carbons (Fsp3) is 0.333. The average Bonchev–Trinajstić information content (AvgIpc) is 1.94. The second kappa shape index (κ2) is 2.88. The van der Waals surface area contributed by atoms with Gasteiger partial charge in [0.15, 0.2) is 9.84 Å². The van der Waals surface area contributed by atoms with E-state index in [9.17, 15) is 8.42 Å². The summed E-state index contributed by atoms with van der Waals surface area (Å²) >= 11 is 3.29. The number of hydrogen-bond acceptors (Lipinski definition) is 2. The van der Waals surface area contributed by atoms with Gasteiger partial charge in [-0.3, -0.25) is 0 Å². The highest BCUT2D eigenvalue weighted by Gasteiger charge is 2.06. The largest absolute Gasteiger partial charge is 0.220 e. The van der Waals surface area contributed by atoms with E-state index in [0.717, 1.165) is 6.42 Å². The Balaban J connectivity index is 2.96. The number of halogens is 1. The summed E-state index contributed by atoms with van der Waals surface area (Å²) in [6, 6.07) is 0. The molecule has 0 aromatic rings. The van der Waals surface area contributed by atoms with Crippen LogP contribution in [-0.2, 0) is 9.84 Å². The van der Waals surface area contributed by atoms with Crippen LogP contribution in [0.15, 0.2) is 23.0 Å². The molecule has 0 aromatic carbocycles. The van der Waals surface area contributed by atoms with Gasteiger partial charge in [0, 0.05) is 15.6 Å². The molecule has 0 spiro atoms. The van der Waals surface area contributed by atoms with Crippen LogP contribution in [0.25, 0.3) is 0 Å². The first kappa shape index (κ1) is 8.01. The van der Waals surface area contributed by atoms with Gasteiger partial charge in [0.25, 0.3) is 0 Å². The van der Waals surface area contributed by atoms with Crippen molar-refractivity contribution in [2.45, 2.75) is 11.2 Å². The Morgan fingerprint density at radius 1 is 1.40 bits per heavy atom. The minimum Gasteiger partial charge on any atom is -0.220 e. The number of hydrogen-bond donors (Lipinski definition) is 0. The maximum atomic E-state index is 10.8. The molecular weight excluding hydrogens is 216 g/mol. The van der Waals surface area contributed by atoms with E-state index in [1.807, 2.05) is 0 Å². The van der Waals surface area contributed by atoms with E-state index in [4.69, 9.17) is 0 Å². The third kappa shape index (κ3) is 2.27. The van der Waals surface area contributed by atoms with Crippen LogP contribution in [0.5, 0.6) is 0 Å². The smallest absolute Gasteiger partial charge is 0.192 e. The molecule has 2 nitrogen and oxygen atoms in total. The highest BCUT2D eigenvalue weighted by molar-refractivity contribution is 9.09. The normalized spacial score (nSPS) is 29.9. The van der Waals surface area contributed by atoms with Crippen molar-refractivity contribution in [1.29, 1.82) is 0 Å². The van der Waals surface area contributed by atoms with Gasteiger partial charge in [0.2, 0.25) is 0 Å². The molecule has 56 valence electrons. The predicted octanol–water partition coefficient (Wildman–Crippen LogP) is 1.60. The first-order chi connectivity index (χ1) is 4.60. The quantitative estimate of drug-likeness (QED) is 0.584. The van der Waals surface area contributed by atoms with Crippen molar-refractivity contribution in [2.24, 2.45) is 0 Å². The fourth-order valence-electron chi connectivity index (χ4n) is 0.638. The molecule has 0 aromatic heterocycles. The van der Waals surface area contributed by atoms with E-state index < -0.39 is 9.84 Å². The zero-order chi connectivity index (χ0) is 7.61. The first-order valence-electron chi connectivity index (χ1n) is 2.84. The minimum atomic E-state index is -3.04. The summed E-state index contributed by atoms with van der Waals surface area (Å²) in [5.41, 5.74) is 0. The highest BCUT2D eigenvalue weighted by atomic mass is 79.9. The maximum Gasteiger partial charge on any atom is 0.192 e. The van der Waals surface area contributed by atoms with Crippen LogP contribution in [0.1, 0.15) is 6.42 Å². The summed E-state index contributed by atoms with van der Waals surface area (Å²) in [6.07, 6.45) is 4.01. The van der Waals surface area contributed by atoms with Gasteiger partial charge in [-0.2, -0.15) is 0 Å². The molecule has 0 bridgehead atoms. The van der Waals surface area contributed by atoms with Gasteiger partial charge in [-0.15, -0.1) is 0 Å². The van der Waals surface area contributed by atoms with Crippen LogP contribution >= 0.6 is 15.9 Å². The Bertz CT molecular complexity index is 263. The minimum absolute atomic E-state index is 0.154. The Labute approximate surface area is 68.7 Å². The van der Waals surface area contributed by atoms with E-state index in [-0.39, 0.29) is 4.83 Å². The topological polar surface area (TPSA) is 34.1 Å². The van der Waals surface area contributed by atoms with E-state index >= 15 is 0 Å². The molecule has 1 aliphatic rings. The second-order valence-corrected chi connectivity index (χ2v) is 4.94. The Morgan fingerprint density at radius 2 is 2.10 bits per heavy atom. The third-order valence-electron chi connectivity index (χ3n) is 1.12. The van der Waals surface area contributed by atoms with Crippen LogP contribution in [0.4, 0.5) is 0 Å². The van der Waals surface area contributed by atoms with Crippen molar-refractivity contribution >= 4 is 25.8 Å². The first-order valence-corrected chi connectivity index (χ1v) is 5.36. The van der Waals surface area contributed by atoms with E-state index in [1.54, 1.807) is 12.2 Å². The van der Waals surface area contributed by atoms with Crippen molar-refractivity contribution in [1.82, 2.24) is 0 Å². The summed E-state index contributed by atoms with van der Waals surface area (Å²) in [7, 11) is -3.04. The van der Waals surface area contributed by atoms with Crippen LogP contribution in [0, 0.1) is 0 Å². The molecule has 1 heterocycles. The lowest BCUT2D eigenvalue weighted by atomic mass is 10.3. The van der Waals surface area contributed by atoms with Gasteiger partial charge in [0.1, 0.15) is 0 Å². The second-order valence-electron chi connectivity index (χ2n) is 2.04. The number of sulfone groups is 1. The molecule has 10 heavy (non-hydrogen) atoms. The molecule has 1 atom stereocenters. The van der Waals surface area contributed by atoms with Crippen LogP contribution in [0.2, 0.25) is 0 Å². The van der Waals surface area contributed by atoms with Crippen molar-refractivity contribution in [3.63, 3.8) is 0 Å². The molecule has 4 heteroatoms. The molecule has 0 aliphatic carbocycles. The van der Waals surface area contributed by atoms with Crippen LogP contribution in [0.3, 0.4) is 0 Å². The number of alkyl halides is 1. The van der Waals surface area contributed by atoms with Crippen LogP contribution in [-0.4, -0.2) is 13.2 Å². The van der Waals surface area contributed by atoms with Gasteiger partial charge in [-0.1, -0.05) is 28.1 Å². The van der Waals surface area contributed by atoms with Crippen molar-refractivity contribution in [3.8, 4) is 0 Å². The lowest BCUT2D eigenvalue weighted by molar-refractivity contribution is 0.612. The molecule has 0 amide bonds. The zero-order valence-electron chi connectivity index (χ0n) is 5.20. The van der Waals surface area contributed by atoms with Crippen molar-refractivity contribution < 1.29 is 8.42 Å². The van der Waals surface area contributed by atoms with E-state index in [2.05, 4.69) is 15.9 Å². The zero-order valence-corrected chi connectivity index (χ0v) is 7.60. The highest BCUT2D eigenvalue weighted by Crippen LogP contribution is 2.13. The van der Waals surface area contributed by atoms with Gasteiger partial charge < -0.3 is 0 Å². The van der Waals surface area contributed by atoms with E-state index in [0.29, 0.717) is 0 Å². The molecule has 1 aliphatic heterocycles. The molecule has 0 N–H and O–H groups in total. The average molecular weight is 223 g/mol. The fourth-order valence-corrected chi connectivity index (χ4v) is 2.09. The monoisotopic (exact) mass is 222 g/mol. The molecule has 0 saturated carbocycles. The molecule has 0 saturated heterocycles. The number of rotatable bonds is 0. The van der Waals surface area contributed by atoms with Gasteiger partial charge in [0.05, 0.1) is 0 Å². The summed E-state index contributed by atoms with van der Waals surface area (Å²) in [5.74, 6) is 0. The summed E-state index contributed by atoms with van der Waals surface area (Å²) in [4.78, 5) is 0.154. The van der Waals surface area contributed by atoms with E-state index in [1.165, 1.54) is 10.8 Å². The summed E-state index contributed by atoms with van der Waals surface area (Å²) in [5, 5.41) is 2.45. The summed E-state index contributed by atoms with van der Waals surface area (Å²) < 4.78 is 21.6. The van der Waals surface area contributed by atoms with Gasteiger partial charge in [-0.05, 0) is 6.42 Å². The lowest BCUT2D eigenvalue weighted by Gasteiger charge is -1.92. The Morgan fingerprint density at radius 3 is 2.80 bits per heavy atom. The SMILES string of the molecule is O=S1(=O)C=CC[C@@H](Br)C=C1. The third-order valence-corrected chi connectivity index (χ3v) is 2.91. The van der Waals surface area contributed by atoms with Crippen LogP contribution < -0.4 is 0 Å². The van der Waals surface area contributed by atoms with Crippen molar-refractivity contribution in [3.05, 3.63) is 23.0 Å². The molecule has 0 unspecified atom stereocenters. The standard InChI is InChI=1S/C6H7BrO2S/c7-6-2-1-4-10(8,9)5-3-6/h1,3-6H,2H2/t6-/m1/s1. The molecule has 0 radical (unpaired) electrons. The molecular formula is C6H7BrO2S. The summed E-state index contributed by atoms with van der Waals surface area (Å²) in [6.45, 7) is 0. The van der Waals surface area contributed by atoms with Crippen molar-refractivity contribution in [2.75, 3.05) is 0 Å². The predicted molar refractivity (Wildman–Crippen MR) is 44.5 cm³/mol.